The number of rotatable bonds is 3. The zero-order valence-electron chi connectivity index (χ0n) is 8.25. The minimum absolute atomic E-state index is 0.122. The lowest BCUT2D eigenvalue weighted by Crippen LogP contribution is -2.44. The van der Waals surface area contributed by atoms with Gasteiger partial charge in [0.15, 0.2) is 0 Å². The van der Waals surface area contributed by atoms with E-state index in [9.17, 15) is 4.79 Å². The molecule has 0 aromatic rings. The lowest BCUT2D eigenvalue weighted by molar-refractivity contribution is -0.134. The molecule has 0 spiro atoms. The number of ether oxygens (including phenoxy) is 1. The molecule has 3 unspecified atom stereocenters. The fourth-order valence-electron chi connectivity index (χ4n) is 1.47. The van der Waals surface area contributed by atoms with Gasteiger partial charge < -0.3 is 15.8 Å². The Morgan fingerprint density at radius 2 is 2.38 bits per heavy atom. The third kappa shape index (κ3) is 2.97. The maximum absolute atomic E-state index is 10.8. The van der Waals surface area contributed by atoms with Crippen LogP contribution in [0, 0.1) is 5.92 Å². The number of piperidine rings is 1. The van der Waals surface area contributed by atoms with Gasteiger partial charge in [-0.2, -0.15) is 0 Å². The van der Waals surface area contributed by atoms with Gasteiger partial charge in [-0.3, -0.25) is 4.79 Å². The minimum atomic E-state index is -0.479. The number of primary amides is 1. The summed E-state index contributed by atoms with van der Waals surface area (Å²) in [5.74, 6) is 0.112. The van der Waals surface area contributed by atoms with Crippen LogP contribution in [0.3, 0.4) is 0 Å². The predicted octanol–water partition coefficient (Wildman–Crippen LogP) is -0.125. The van der Waals surface area contributed by atoms with E-state index >= 15 is 0 Å². The van der Waals surface area contributed by atoms with Crippen molar-refractivity contribution in [2.24, 2.45) is 11.7 Å². The lowest BCUT2D eigenvalue weighted by atomic mass is 9.97. The number of hydrogen-bond donors (Lipinski definition) is 2. The molecule has 0 saturated carbocycles. The zero-order valence-corrected chi connectivity index (χ0v) is 8.25. The minimum Gasteiger partial charge on any atom is -0.367 e. The van der Waals surface area contributed by atoms with Gasteiger partial charge in [-0.15, -0.1) is 0 Å². The van der Waals surface area contributed by atoms with E-state index in [1.807, 2.05) is 0 Å². The van der Waals surface area contributed by atoms with E-state index < -0.39 is 12.0 Å². The molecule has 13 heavy (non-hydrogen) atoms. The predicted molar refractivity (Wildman–Crippen MR) is 50.2 cm³/mol. The van der Waals surface area contributed by atoms with Crippen molar-refractivity contribution in [1.82, 2.24) is 5.32 Å². The van der Waals surface area contributed by atoms with Crippen LogP contribution in [0.5, 0.6) is 0 Å². The number of amides is 1. The molecule has 0 aromatic heterocycles. The Morgan fingerprint density at radius 3 is 2.92 bits per heavy atom. The molecule has 0 aromatic carbocycles. The van der Waals surface area contributed by atoms with Crippen LogP contribution in [0.2, 0.25) is 0 Å². The van der Waals surface area contributed by atoms with Crippen LogP contribution in [-0.4, -0.2) is 31.2 Å². The number of carbonyl (C=O) groups is 1. The largest absolute Gasteiger partial charge is 0.367 e. The van der Waals surface area contributed by atoms with E-state index in [-0.39, 0.29) is 6.10 Å². The first-order valence-corrected chi connectivity index (χ1v) is 4.76. The molecule has 4 nitrogen and oxygen atoms in total. The van der Waals surface area contributed by atoms with Crippen LogP contribution in [0.1, 0.15) is 20.3 Å². The number of nitrogens with one attached hydrogen (secondary N) is 1. The highest BCUT2D eigenvalue weighted by molar-refractivity contribution is 5.78. The zero-order chi connectivity index (χ0) is 9.84. The Morgan fingerprint density at radius 1 is 1.69 bits per heavy atom. The lowest BCUT2D eigenvalue weighted by Gasteiger charge is -2.30. The molecule has 1 fully saturated rings. The fraction of sp³-hybridized carbons (Fsp3) is 0.889. The second kappa shape index (κ2) is 4.58. The van der Waals surface area contributed by atoms with Crippen molar-refractivity contribution in [2.75, 3.05) is 13.1 Å². The van der Waals surface area contributed by atoms with Crippen molar-refractivity contribution in [3.63, 3.8) is 0 Å². The molecule has 3 N–H and O–H groups in total. The summed E-state index contributed by atoms with van der Waals surface area (Å²) in [5, 5.41) is 3.23. The number of hydrogen-bond acceptors (Lipinski definition) is 3. The molecule has 1 amide bonds. The summed E-state index contributed by atoms with van der Waals surface area (Å²) in [6.07, 6.45) is 0.736. The van der Waals surface area contributed by atoms with Crippen molar-refractivity contribution in [2.45, 2.75) is 32.5 Å². The summed E-state index contributed by atoms with van der Waals surface area (Å²) in [6, 6.07) is 0. The van der Waals surface area contributed by atoms with Crippen molar-refractivity contribution in [1.29, 1.82) is 0 Å². The highest BCUT2D eigenvalue weighted by Gasteiger charge is 2.24. The second-order valence-electron chi connectivity index (χ2n) is 3.69. The van der Waals surface area contributed by atoms with Crippen LogP contribution in [0.25, 0.3) is 0 Å². The number of nitrogens with two attached hydrogens (primary N) is 1. The summed E-state index contributed by atoms with van der Waals surface area (Å²) in [5.41, 5.74) is 5.11. The molecule has 1 rings (SSSR count). The Labute approximate surface area is 78.8 Å². The van der Waals surface area contributed by atoms with Gasteiger partial charge in [0.05, 0.1) is 6.10 Å². The van der Waals surface area contributed by atoms with Crippen molar-refractivity contribution >= 4 is 5.91 Å². The van der Waals surface area contributed by atoms with Gasteiger partial charge in [0, 0.05) is 6.54 Å². The quantitative estimate of drug-likeness (QED) is 0.645. The molecule has 0 radical (unpaired) electrons. The van der Waals surface area contributed by atoms with Gasteiger partial charge in [0.25, 0.3) is 0 Å². The van der Waals surface area contributed by atoms with Gasteiger partial charge in [-0.1, -0.05) is 6.92 Å². The molecule has 4 heteroatoms. The first-order chi connectivity index (χ1) is 6.11. The molecular weight excluding hydrogens is 168 g/mol. The third-order valence-electron chi connectivity index (χ3n) is 2.54. The molecule has 0 bridgehead atoms. The normalized spacial score (nSPS) is 31.2. The van der Waals surface area contributed by atoms with Gasteiger partial charge >= 0.3 is 0 Å². The molecule has 1 heterocycles. The number of carbonyl (C=O) groups excluding carboxylic acids is 1. The van der Waals surface area contributed by atoms with Crippen molar-refractivity contribution in [3.8, 4) is 0 Å². The highest BCUT2D eigenvalue weighted by Crippen LogP contribution is 2.16. The first kappa shape index (κ1) is 10.5. The standard InChI is InChI=1S/C9H18N2O2/c1-6-3-4-11-5-8(6)13-7(2)9(10)12/h6-8,11H,3-5H2,1-2H3,(H2,10,12). The van der Waals surface area contributed by atoms with E-state index in [2.05, 4.69) is 12.2 Å². The molecule has 1 aliphatic heterocycles. The van der Waals surface area contributed by atoms with Crippen LogP contribution in [0.15, 0.2) is 0 Å². The molecular formula is C9H18N2O2. The van der Waals surface area contributed by atoms with Gasteiger partial charge in [0.2, 0.25) is 5.91 Å². The average Bonchev–Trinajstić information content (AvgIpc) is 2.08. The third-order valence-corrected chi connectivity index (χ3v) is 2.54. The smallest absolute Gasteiger partial charge is 0.246 e. The maximum atomic E-state index is 10.8. The fourth-order valence-corrected chi connectivity index (χ4v) is 1.47. The van der Waals surface area contributed by atoms with E-state index in [1.165, 1.54) is 0 Å². The topological polar surface area (TPSA) is 64.3 Å². The monoisotopic (exact) mass is 186 g/mol. The Bertz CT molecular complexity index is 184. The SMILES string of the molecule is CC(OC1CNCCC1C)C(N)=O. The van der Waals surface area contributed by atoms with Crippen molar-refractivity contribution < 1.29 is 9.53 Å². The van der Waals surface area contributed by atoms with Gasteiger partial charge in [-0.25, -0.2) is 0 Å². The van der Waals surface area contributed by atoms with Gasteiger partial charge in [0.1, 0.15) is 6.10 Å². The summed E-state index contributed by atoms with van der Waals surface area (Å²) in [4.78, 5) is 10.8. The average molecular weight is 186 g/mol. The molecule has 3 atom stereocenters. The van der Waals surface area contributed by atoms with Crippen molar-refractivity contribution in [3.05, 3.63) is 0 Å². The summed E-state index contributed by atoms with van der Waals surface area (Å²) in [7, 11) is 0. The summed E-state index contributed by atoms with van der Waals surface area (Å²) in [6.45, 7) is 5.69. The Hall–Kier alpha value is -0.610. The molecule has 76 valence electrons. The maximum Gasteiger partial charge on any atom is 0.246 e. The van der Waals surface area contributed by atoms with Crippen LogP contribution in [-0.2, 0) is 9.53 Å². The van der Waals surface area contributed by atoms with Crippen LogP contribution < -0.4 is 11.1 Å². The first-order valence-electron chi connectivity index (χ1n) is 4.76. The van der Waals surface area contributed by atoms with E-state index in [0.717, 1.165) is 19.5 Å². The highest BCUT2D eigenvalue weighted by atomic mass is 16.5. The van der Waals surface area contributed by atoms with Gasteiger partial charge in [-0.05, 0) is 25.8 Å². The Balaban J connectivity index is 2.37. The van der Waals surface area contributed by atoms with E-state index in [0.29, 0.717) is 5.92 Å². The molecule has 1 saturated heterocycles. The van der Waals surface area contributed by atoms with Crippen LogP contribution >= 0.6 is 0 Å². The van der Waals surface area contributed by atoms with Crippen LogP contribution in [0.4, 0.5) is 0 Å². The van der Waals surface area contributed by atoms with E-state index in [4.69, 9.17) is 10.5 Å². The summed E-state index contributed by atoms with van der Waals surface area (Å²) >= 11 is 0. The summed E-state index contributed by atoms with van der Waals surface area (Å²) < 4.78 is 5.53. The van der Waals surface area contributed by atoms with E-state index in [1.54, 1.807) is 6.92 Å². The molecule has 1 aliphatic rings. The Kier molecular flexibility index (Phi) is 3.69. The molecule has 0 aliphatic carbocycles. The second-order valence-corrected chi connectivity index (χ2v) is 3.69.